The summed E-state index contributed by atoms with van der Waals surface area (Å²) in [5.74, 6) is -3.47. The lowest BCUT2D eigenvalue weighted by molar-refractivity contribution is -0.134. The molecule has 1 aliphatic rings. The maximum atomic E-state index is 13.4. The molecule has 1 atom stereocenters. The fourth-order valence-electron chi connectivity index (χ4n) is 1.81. The van der Waals surface area contributed by atoms with Gasteiger partial charge in [0.2, 0.25) is 11.8 Å². The number of carbonyl (C=O) groups excluding carboxylic acids is 2. The second kappa shape index (κ2) is 4.00. The topological polar surface area (TPSA) is 46.2 Å². The van der Waals surface area contributed by atoms with Crippen molar-refractivity contribution in [2.45, 2.75) is 18.8 Å². The fraction of sp³-hybridized carbons (Fsp3) is 0.273. The quantitative estimate of drug-likeness (QED) is 0.736. The standard InChI is InChI=1S/C11H9F2NO2/c12-7-2-1-3-8(13)10(7)6-4-5-9(15)14-11(6)16/h1-3,6H,4-5H2,(H,14,15,16)/t6-/m1/s1. The molecule has 1 N–H and O–H groups in total. The smallest absolute Gasteiger partial charge is 0.234 e. The molecule has 1 fully saturated rings. The number of carbonyl (C=O) groups is 2. The number of nitrogens with one attached hydrogen (secondary N) is 1. The molecule has 0 spiro atoms. The van der Waals surface area contributed by atoms with Gasteiger partial charge in [0.05, 0.1) is 5.92 Å². The van der Waals surface area contributed by atoms with Crippen LogP contribution in [0, 0.1) is 11.6 Å². The van der Waals surface area contributed by atoms with Crippen molar-refractivity contribution in [3.05, 3.63) is 35.4 Å². The third-order valence-electron chi connectivity index (χ3n) is 2.59. The van der Waals surface area contributed by atoms with Crippen molar-refractivity contribution in [1.82, 2.24) is 5.32 Å². The average molecular weight is 225 g/mol. The van der Waals surface area contributed by atoms with Crippen molar-refractivity contribution >= 4 is 11.8 Å². The number of piperidine rings is 1. The van der Waals surface area contributed by atoms with Gasteiger partial charge in [0, 0.05) is 12.0 Å². The van der Waals surface area contributed by atoms with Crippen LogP contribution in [0.2, 0.25) is 0 Å². The maximum absolute atomic E-state index is 13.4. The summed E-state index contributed by atoms with van der Waals surface area (Å²) in [7, 11) is 0. The van der Waals surface area contributed by atoms with Gasteiger partial charge in [-0.15, -0.1) is 0 Å². The number of imide groups is 1. The van der Waals surface area contributed by atoms with Gasteiger partial charge in [0.25, 0.3) is 0 Å². The fourth-order valence-corrected chi connectivity index (χ4v) is 1.81. The Balaban J connectivity index is 2.37. The summed E-state index contributed by atoms with van der Waals surface area (Å²) >= 11 is 0. The Kier molecular flexibility index (Phi) is 2.68. The minimum Gasteiger partial charge on any atom is -0.296 e. The first kappa shape index (κ1) is 10.7. The van der Waals surface area contributed by atoms with Crippen molar-refractivity contribution < 1.29 is 18.4 Å². The van der Waals surface area contributed by atoms with Crippen LogP contribution in [0.1, 0.15) is 24.3 Å². The van der Waals surface area contributed by atoms with Crippen LogP contribution in [-0.4, -0.2) is 11.8 Å². The lowest BCUT2D eigenvalue weighted by Gasteiger charge is -2.21. The summed E-state index contributed by atoms with van der Waals surface area (Å²) in [6.07, 6.45) is 0.243. The molecule has 0 aromatic heterocycles. The molecular weight excluding hydrogens is 216 g/mol. The van der Waals surface area contributed by atoms with Crippen LogP contribution in [0.5, 0.6) is 0 Å². The SMILES string of the molecule is O=C1CC[C@H](c2c(F)cccc2F)C(=O)N1. The first-order valence-electron chi connectivity index (χ1n) is 4.87. The zero-order chi connectivity index (χ0) is 11.7. The van der Waals surface area contributed by atoms with E-state index in [1.807, 2.05) is 0 Å². The van der Waals surface area contributed by atoms with E-state index < -0.39 is 29.4 Å². The van der Waals surface area contributed by atoms with Crippen molar-refractivity contribution in [3.63, 3.8) is 0 Å². The highest BCUT2D eigenvalue weighted by Gasteiger charge is 2.31. The predicted octanol–water partition coefficient (Wildman–Crippen LogP) is 1.49. The molecule has 1 saturated heterocycles. The van der Waals surface area contributed by atoms with Gasteiger partial charge in [-0.1, -0.05) is 6.07 Å². The normalized spacial score (nSPS) is 20.8. The number of rotatable bonds is 1. The second-order valence-corrected chi connectivity index (χ2v) is 3.64. The van der Waals surface area contributed by atoms with Crippen molar-refractivity contribution in [3.8, 4) is 0 Å². The highest BCUT2D eigenvalue weighted by atomic mass is 19.1. The summed E-state index contributed by atoms with van der Waals surface area (Å²) in [6, 6.07) is 3.43. The molecule has 16 heavy (non-hydrogen) atoms. The van der Waals surface area contributed by atoms with E-state index >= 15 is 0 Å². The summed E-state index contributed by atoms with van der Waals surface area (Å²) in [5, 5.41) is 2.07. The van der Waals surface area contributed by atoms with Crippen LogP contribution in [0.3, 0.4) is 0 Å². The number of amides is 2. The monoisotopic (exact) mass is 225 g/mol. The average Bonchev–Trinajstić information content (AvgIpc) is 2.20. The van der Waals surface area contributed by atoms with Crippen LogP contribution >= 0.6 is 0 Å². The van der Waals surface area contributed by atoms with Gasteiger partial charge in [0.1, 0.15) is 11.6 Å². The lowest BCUT2D eigenvalue weighted by atomic mass is 9.90. The Bertz CT molecular complexity index is 439. The molecule has 84 valence electrons. The molecule has 5 heteroatoms. The minimum absolute atomic E-state index is 0.101. The third kappa shape index (κ3) is 1.80. The van der Waals surface area contributed by atoms with Crippen LogP contribution < -0.4 is 5.32 Å². The summed E-state index contributed by atoms with van der Waals surface area (Å²) in [5.41, 5.74) is -0.257. The highest BCUT2D eigenvalue weighted by Crippen LogP contribution is 2.28. The van der Waals surface area contributed by atoms with Crippen molar-refractivity contribution in [2.24, 2.45) is 0 Å². The van der Waals surface area contributed by atoms with Gasteiger partial charge >= 0.3 is 0 Å². The molecule has 2 rings (SSSR count). The molecule has 0 unspecified atom stereocenters. The van der Waals surface area contributed by atoms with E-state index in [-0.39, 0.29) is 18.4 Å². The van der Waals surface area contributed by atoms with E-state index in [1.165, 1.54) is 6.07 Å². The Morgan fingerprint density at radius 3 is 2.38 bits per heavy atom. The molecule has 3 nitrogen and oxygen atoms in total. The maximum Gasteiger partial charge on any atom is 0.234 e. The van der Waals surface area contributed by atoms with Gasteiger partial charge in [0.15, 0.2) is 0 Å². The van der Waals surface area contributed by atoms with Crippen LogP contribution in [0.15, 0.2) is 18.2 Å². The zero-order valence-corrected chi connectivity index (χ0v) is 8.30. The van der Waals surface area contributed by atoms with Crippen LogP contribution in [-0.2, 0) is 9.59 Å². The van der Waals surface area contributed by atoms with Gasteiger partial charge in [-0.3, -0.25) is 14.9 Å². The van der Waals surface area contributed by atoms with Crippen LogP contribution in [0.4, 0.5) is 8.78 Å². The van der Waals surface area contributed by atoms with Crippen molar-refractivity contribution in [2.75, 3.05) is 0 Å². The lowest BCUT2D eigenvalue weighted by Crippen LogP contribution is -2.40. The molecule has 1 aliphatic heterocycles. The molecule has 1 heterocycles. The van der Waals surface area contributed by atoms with E-state index in [9.17, 15) is 18.4 Å². The molecule has 0 aliphatic carbocycles. The second-order valence-electron chi connectivity index (χ2n) is 3.64. The molecule has 1 aromatic carbocycles. The summed E-state index contributed by atoms with van der Waals surface area (Å²) < 4.78 is 26.8. The van der Waals surface area contributed by atoms with E-state index in [0.29, 0.717) is 0 Å². The molecule has 0 radical (unpaired) electrons. The Morgan fingerprint density at radius 1 is 1.19 bits per heavy atom. The van der Waals surface area contributed by atoms with E-state index in [0.717, 1.165) is 12.1 Å². The Hall–Kier alpha value is -1.78. The zero-order valence-electron chi connectivity index (χ0n) is 8.30. The first-order chi connectivity index (χ1) is 7.59. The van der Waals surface area contributed by atoms with Gasteiger partial charge < -0.3 is 0 Å². The third-order valence-corrected chi connectivity index (χ3v) is 2.59. The van der Waals surface area contributed by atoms with Crippen molar-refractivity contribution in [1.29, 1.82) is 0 Å². The van der Waals surface area contributed by atoms with Gasteiger partial charge in [-0.05, 0) is 18.6 Å². The Morgan fingerprint density at radius 2 is 1.81 bits per heavy atom. The van der Waals surface area contributed by atoms with E-state index in [1.54, 1.807) is 0 Å². The summed E-state index contributed by atoms with van der Waals surface area (Å²) in [6.45, 7) is 0. The number of hydrogen-bond donors (Lipinski definition) is 1. The predicted molar refractivity (Wildman–Crippen MR) is 51.5 cm³/mol. The van der Waals surface area contributed by atoms with Gasteiger partial charge in [-0.25, -0.2) is 8.78 Å². The highest BCUT2D eigenvalue weighted by molar-refractivity contribution is 6.00. The molecule has 1 aromatic rings. The van der Waals surface area contributed by atoms with E-state index in [4.69, 9.17) is 0 Å². The largest absolute Gasteiger partial charge is 0.296 e. The summed E-state index contributed by atoms with van der Waals surface area (Å²) in [4.78, 5) is 22.3. The number of hydrogen-bond acceptors (Lipinski definition) is 2. The Labute approximate surface area is 90.5 Å². The number of halogens is 2. The number of benzene rings is 1. The first-order valence-corrected chi connectivity index (χ1v) is 4.87. The van der Waals surface area contributed by atoms with E-state index in [2.05, 4.69) is 5.32 Å². The molecule has 0 saturated carbocycles. The molecular formula is C11H9F2NO2. The molecule has 0 bridgehead atoms. The molecule has 2 amide bonds. The van der Waals surface area contributed by atoms with Crippen LogP contribution in [0.25, 0.3) is 0 Å². The van der Waals surface area contributed by atoms with Gasteiger partial charge in [-0.2, -0.15) is 0 Å². The minimum atomic E-state index is -0.918.